The van der Waals surface area contributed by atoms with Crippen LogP contribution in [0, 0.1) is 5.82 Å². The number of benzene rings is 2. The summed E-state index contributed by atoms with van der Waals surface area (Å²) < 4.78 is 18.7. The van der Waals surface area contributed by atoms with Crippen LogP contribution in [0.25, 0.3) is 0 Å². The van der Waals surface area contributed by atoms with Crippen molar-refractivity contribution < 1.29 is 13.9 Å². The molecule has 5 heteroatoms. The molecular weight excluding hydrogens is 325 g/mol. The Hall–Kier alpha value is -2.01. The van der Waals surface area contributed by atoms with E-state index in [1.165, 1.54) is 17.8 Å². The molecule has 2 rings (SSSR count). The highest BCUT2D eigenvalue weighted by Gasteiger charge is 2.13. The average Bonchev–Trinajstić information content (AvgIpc) is 2.61. The summed E-state index contributed by atoms with van der Waals surface area (Å²) in [5, 5.41) is 3.03. The molecule has 0 aliphatic heterocycles. The first-order valence-corrected chi connectivity index (χ1v) is 9.04. The first kappa shape index (κ1) is 18.3. The second-order valence-electron chi connectivity index (χ2n) is 5.39. The van der Waals surface area contributed by atoms with Crippen LogP contribution in [0.1, 0.15) is 30.5 Å². The molecule has 3 nitrogen and oxygen atoms in total. The molecule has 0 fully saturated rings. The van der Waals surface area contributed by atoms with E-state index in [1.807, 2.05) is 31.2 Å². The minimum absolute atomic E-state index is 0.0301. The van der Waals surface area contributed by atoms with Gasteiger partial charge in [-0.3, -0.25) is 4.79 Å². The monoisotopic (exact) mass is 347 g/mol. The first-order valence-electron chi connectivity index (χ1n) is 7.88. The van der Waals surface area contributed by atoms with Crippen molar-refractivity contribution in [2.45, 2.75) is 25.1 Å². The Balaban J connectivity index is 1.84. The molecule has 0 saturated heterocycles. The van der Waals surface area contributed by atoms with Crippen LogP contribution >= 0.6 is 11.8 Å². The SMILES string of the molecule is CCC(NC(=O)CSCc1ccccc1F)c1ccc(OC)cc1. The van der Waals surface area contributed by atoms with E-state index in [0.717, 1.165) is 17.7 Å². The molecule has 1 amide bonds. The highest BCUT2D eigenvalue weighted by Crippen LogP contribution is 2.21. The van der Waals surface area contributed by atoms with Gasteiger partial charge < -0.3 is 10.1 Å². The molecule has 0 aromatic heterocycles. The number of methoxy groups -OCH3 is 1. The standard InChI is InChI=1S/C19H22FNO2S/c1-3-18(14-8-10-16(23-2)11-9-14)21-19(22)13-24-12-15-6-4-5-7-17(15)20/h4-11,18H,3,12-13H2,1-2H3,(H,21,22). The van der Waals surface area contributed by atoms with Gasteiger partial charge in [0.1, 0.15) is 11.6 Å². The van der Waals surface area contributed by atoms with E-state index in [0.29, 0.717) is 17.1 Å². The first-order chi connectivity index (χ1) is 11.6. The van der Waals surface area contributed by atoms with Crippen molar-refractivity contribution in [3.05, 3.63) is 65.5 Å². The third-order valence-electron chi connectivity index (χ3n) is 3.71. The number of ether oxygens (including phenoxy) is 1. The Morgan fingerprint density at radius 1 is 1.21 bits per heavy atom. The zero-order valence-corrected chi connectivity index (χ0v) is 14.7. The maximum atomic E-state index is 13.5. The lowest BCUT2D eigenvalue weighted by Crippen LogP contribution is -2.29. The van der Waals surface area contributed by atoms with Crippen molar-refractivity contribution in [1.82, 2.24) is 5.32 Å². The molecule has 0 heterocycles. The fraction of sp³-hybridized carbons (Fsp3) is 0.316. The smallest absolute Gasteiger partial charge is 0.230 e. The van der Waals surface area contributed by atoms with Gasteiger partial charge >= 0.3 is 0 Å². The van der Waals surface area contributed by atoms with E-state index >= 15 is 0 Å². The van der Waals surface area contributed by atoms with Gasteiger partial charge in [0.05, 0.1) is 18.9 Å². The molecule has 24 heavy (non-hydrogen) atoms. The summed E-state index contributed by atoms with van der Waals surface area (Å²) in [7, 11) is 1.63. The second-order valence-corrected chi connectivity index (χ2v) is 6.37. The summed E-state index contributed by atoms with van der Waals surface area (Å²) in [4.78, 5) is 12.1. The van der Waals surface area contributed by atoms with E-state index in [1.54, 1.807) is 25.3 Å². The molecule has 0 aliphatic rings. The van der Waals surface area contributed by atoms with Crippen molar-refractivity contribution in [1.29, 1.82) is 0 Å². The van der Waals surface area contributed by atoms with Gasteiger partial charge in [-0.05, 0) is 35.7 Å². The molecule has 1 atom stereocenters. The maximum Gasteiger partial charge on any atom is 0.230 e. The van der Waals surface area contributed by atoms with Gasteiger partial charge in [-0.15, -0.1) is 11.8 Å². The minimum atomic E-state index is -0.227. The van der Waals surface area contributed by atoms with Crippen molar-refractivity contribution in [3.8, 4) is 5.75 Å². The number of carbonyl (C=O) groups excluding carboxylic acids is 1. The van der Waals surface area contributed by atoms with Gasteiger partial charge in [0.25, 0.3) is 0 Å². The van der Waals surface area contributed by atoms with Crippen LogP contribution in [0.15, 0.2) is 48.5 Å². The lowest BCUT2D eigenvalue weighted by Gasteiger charge is -2.17. The molecular formula is C19H22FNO2S. The Morgan fingerprint density at radius 3 is 2.54 bits per heavy atom. The lowest BCUT2D eigenvalue weighted by atomic mass is 10.0. The molecule has 2 aromatic carbocycles. The number of nitrogens with one attached hydrogen (secondary N) is 1. The van der Waals surface area contributed by atoms with Crippen LogP contribution in [0.5, 0.6) is 5.75 Å². The number of rotatable bonds is 8. The molecule has 0 spiro atoms. The Labute approximate surface area is 146 Å². The molecule has 0 radical (unpaired) electrons. The Morgan fingerprint density at radius 2 is 1.92 bits per heavy atom. The number of hydrogen-bond acceptors (Lipinski definition) is 3. The van der Waals surface area contributed by atoms with Crippen molar-refractivity contribution in [3.63, 3.8) is 0 Å². The third kappa shape index (κ3) is 5.27. The summed E-state index contributed by atoms with van der Waals surface area (Å²) in [5.41, 5.74) is 1.67. The van der Waals surface area contributed by atoms with Gasteiger partial charge in [-0.1, -0.05) is 37.3 Å². The van der Waals surface area contributed by atoms with Crippen LogP contribution in [0.4, 0.5) is 4.39 Å². The molecule has 0 bridgehead atoms. The van der Waals surface area contributed by atoms with Crippen LogP contribution in [0.3, 0.4) is 0 Å². The van der Waals surface area contributed by atoms with Gasteiger partial charge in [0.15, 0.2) is 0 Å². The van der Waals surface area contributed by atoms with E-state index < -0.39 is 0 Å². The van der Waals surface area contributed by atoms with Crippen molar-refractivity contribution in [2.24, 2.45) is 0 Å². The Bertz CT molecular complexity index is 661. The number of hydrogen-bond donors (Lipinski definition) is 1. The zero-order chi connectivity index (χ0) is 17.4. The van der Waals surface area contributed by atoms with Gasteiger partial charge in [-0.2, -0.15) is 0 Å². The van der Waals surface area contributed by atoms with Crippen LogP contribution in [0.2, 0.25) is 0 Å². The third-order valence-corrected chi connectivity index (χ3v) is 4.69. The van der Waals surface area contributed by atoms with Crippen LogP contribution < -0.4 is 10.1 Å². The quantitative estimate of drug-likeness (QED) is 0.772. The second kappa shape index (κ2) is 9.33. The van der Waals surface area contributed by atoms with Gasteiger partial charge in [0, 0.05) is 5.75 Å². The van der Waals surface area contributed by atoms with Gasteiger partial charge in [0.2, 0.25) is 5.91 Å². The number of carbonyl (C=O) groups is 1. The van der Waals surface area contributed by atoms with E-state index in [2.05, 4.69) is 5.32 Å². The topological polar surface area (TPSA) is 38.3 Å². The minimum Gasteiger partial charge on any atom is -0.497 e. The van der Waals surface area contributed by atoms with E-state index in [4.69, 9.17) is 4.74 Å². The highest BCUT2D eigenvalue weighted by atomic mass is 32.2. The van der Waals surface area contributed by atoms with Crippen LogP contribution in [-0.4, -0.2) is 18.8 Å². The molecule has 2 aromatic rings. The highest BCUT2D eigenvalue weighted by molar-refractivity contribution is 7.99. The van der Waals surface area contributed by atoms with Crippen molar-refractivity contribution in [2.75, 3.05) is 12.9 Å². The molecule has 1 N–H and O–H groups in total. The maximum absolute atomic E-state index is 13.5. The average molecular weight is 347 g/mol. The fourth-order valence-corrected chi connectivity index (χ4v) is 3.19. The predicted molar refractivity (Wildman–Crippen MR) is 96.7 cm³/mol. The molecule has 128 valence electrons. The molecule has 1 unspecified atom stereocenters. The summed E-state index contributed by atoms with van der Waals surface area (Å²) in [6.45, 7) is 2.03. The normalized spacial score (nSPS) is 11.8. The predicted octanol–water partition coefficient (Wildman–Crippen LogP) is 4.34. The summed E-state index contributed by atoms with van der Waals surface area (Å²) in [6, 6.07) is 14.3. The summed E-state index contributed by atoms with van der Waals surface area (Å²) in [5.74, 6) is 1.31. The summed E-state index contributed by atoms with van der Waals surface area (Å²) >= 11 is 1.41. The molecule has 0 aliphatic carbocycles. The largest absolute Gasteiger partial charge is 0.497 e. The fourth-order valence-electron chi connectivity index (χ4n) is 2.36. The summed E-state index contributed by atoms with van der Waals surface area (Å²) in [6.07, 6.45) is 0.802. The number of thioether (sulfide) groups is 1. The Kier molecular flexibility index (Phi) is 7.12. The zero-order valence-electron chi connectivity index (χ0n) is 13.9. The lowest BCUT2D eigenvalue weighted by molar-refractivity contribution is -0.119. The van der Waals surface area contributed by atoms with Crippen molar-refractivity contribution >= 4 is 17.7 Å². The van der Waals surface area contributed by atoms with Crippen LogP contribution in [-0.2, 0) is 10.5 Å². The molecule has 0 saturated carbocycles. The van der Waals surface area contributed by atoms with E-state index in [-0.39, 0.29) is 17.8 Å². The number of amides is 1. The van der Waals surface area contributed by atoms with Gasteiger partial charge in [-0.25, -0.2) is 4.39 Å². The van der Waals surface area contributed by atoms with E-state index in [9.17, 15) is 9.18 Å². The number of halogens is 1.